The van der Waals surface area contributed by atoms with E-state index in [1.807, 2.05) is 6.92 Å². The van der Waals surface area contributed by atoms with Crippen LogP contribution in [0.1, 0.15) is 12.5 Å². The number of nitrogens with zero attached hydrogens (tertiary/aromatic N) is 2. The zero-order valence-corrected chi connectivity index (χ0v) is 7.62. The van der Waals surface area contributed by atoms with E-state index in [0.29, 0.717) is 12.1 Å². The third-order valence-electron chi connectivity index (χ3n) is 1.82. The molecular formula is C8H11F3N2O. The van der Waals surface area contributed by atoms with Crippen LogP contribution in [0.2, 0.25) is 0 Å². The average molecular weight is 208 g/mol. The van der Waals surface area contributed by atoms with Crippen molar-refractivity contribution in [3.05, 3.63) is 18.0 Å². The highest BCUT2D eigenvalue weighted by Crippen LogP contribution is 2.22. The Hall–Kier alpha value is -1.04. The number of halogens is 3. The number of hydrogen-bond acceptors (Lipinski definition) is 2. The highest BCUT2D eigenvalue weighted by Gasteiger charge is 2.38. The molecule has 0 spiro atoms. The first-order valence-electron chi connectivity index (χ1n) is 4.19. The summed E-state index contributed by atoms with van der Waals surface area (Å²) < 4.78 is 37.4. The quantitative estimate of drug-likeness (QED) is 0.814. The zero-order chi connectivity index (χ0) is 10.8. The molecule has 80 valence electrons. The fraction of sp³-hybridized carbons (Fsp3) is 0.625. The maximum Gasteiger partial charge on any atom is 0.414 e. The van der Waals surface area contributed by atoms with Crippen LogP contribution in [-0.4, -0.2) is 27.2 Å². The molecule has 1 rings (SSSR count). The third kappa shape index (κ3) is 2.73. The van der Waals surface area contributed by atoms with Crippen LogP contribution < -0.4 is 0 Å². The molecule has 6 heteroatoms. The fourth-order valence-electron chi connectivity index (χ4n) is 1.02. The van der Waals surface area contributed by atoms with Crippen molar-refractivity contribution < 1.29 is 18.3 Å². The molecule has 0 bridgehead atoms. The highest BCUT2D eigenvalue weighted by atomic mass is 19.4. The maximum absolute atomic E-state index is 11.9. The first-order valence-corrected chi connectivity index (χ1v) is 4.19. The molecule has 0 aliphatic rings. The van der Waals surface area contributed by atoms with Gasteiger partial charge in [-0.25, -0.2) is 0 Å². The van der Waals surface area contributed by atoms with Crippen LogP contribution in [-0.2, 0) is 13.0 Å². The molecule has 1 aromatic rings. The molecule has 1 N–H and O–H groups in total. The van der Waals surface area contributed by atoms with Crippen molar-refractivity contribution in [2.75, 3.05) is 0 Å². The monoisotopic (exact) mass is 208 g/mol. The first-order chi connectivity index (χ1) is 6.43. The Morgan fingerprint density at radius 3 is 2.64 bits per heavy atom. The van der Waals surface area contributed by atoms with Crippen LogP contribution in [0.25, 0.3) is 0 Å². The predicted molar refractivity (Wildman–Crippen MR) is 43.7 cm³/mol. The van der Waals surface area contributed by atoms with E-state index < -0.39 is 18.7 Å². The summed E-state index contributed by atoms with van der Waals surface area (Å²) in [5.74, 6) is 0. The number of hydrogen-bond donors (Lipinski definition) is 1. The largest absolute Gasteiger partial charge is 0.414 e. The number of alkyl halides is 3. The molecule has 0 fully saturated rings. The highest BCUT2D eigenvalue weighted by molar-refractivity contribution is 5.05. The van der Waals surface area contributed by atoms with E-state index in [2.05, 4.69) is 5.10 Å². The number of aromatic nitrogens is 2. The van der Waals surface area contributed by atoms with E-state index in [1.165, 1.54) is 17.1 Å². The number of rotatable bonds is 3. The lowest BCUT2D eigenvalue weighted by atomic mass is 10.1. The van der Waals surface area contributed by atoms with Crippen LogP contribution in [0.3, 0.4) is 0 Å². The molecule has 0 saturated heterocycles. The smallest absolute Gasteiger partial charge is 0.383 e. The summed E-state index contributed by atoms with van der Waals surface area (Å²) in [6, 6.07) is 0. The number of aliphatic hydroxyl groups is 1. The van der Waals surface area contributed by atoms with E-state index in [9.17, 15) is 13.2 Å². The Morgan fingerprint density at radius 2 is 2.21 bits per heavy atom. The number of aryl methyl sites for hydroxylation is 1. The molecule has 1 heterocycles. The topological polar surface area (TPSA) is 38.0 Å². The minimum atomic E-state index is -4.56. The molecule has 0 aliphatic carbocycles. The van der Waals surface area contributed by atoms with E-state index in [-0.39, 0.29) is 0 Å². The molecule has 0 saturated carbocycles. The van der Waals surface area contributed by atoms with Crippen molar-refractivity contribution in [3.8, 4) is 0 Å². The van der Waals surface area contributed by atoms with Gasteiger partial charge in [-0.05, 0) is 12.5 Å². The zero-order valence-electron chi connectivity index (χ0n) is 7.62. The van der Waals surface area contributed by atoms with Gasteiger partial charge in [0.15, 0.2) is 6.10 Å². The lowest BCUT2D eigenvalue weighted by Gasteiger charge is -2.12. The standard InChI is InChI=1S/C8H11F3N2O/c1-2-13-5-6(4-12-13)3-7(14)8(9,10)11/h4-5,7,14H,2-3H2,1H3/t7-/m1/s1. The predicted octanol–water partition coefficient (Wildman–Crippen LogP) is 1.37. The molecule has 14 heavy (non-hydrogen) atoms. The van der Waals surface area contributed by atoms with Gasteiger partial charge in [0, 0.05) is 19.2 Å². The van der Waals surface area contributed by atoms with Crippen LogP contribution in [0.4, 0.5) is 13.2 Å². The van der Waals surface area contributed by atoms with Crippen molar-refractivity contribution in [2.24, 2.45) is 0 Å². The van der Waals surface area contributed by atoms with E-state index in [4.69, 9.17) is 5.11 Å². The van der Waals surface area contributed by atoms with Crippen LogP contribution >= 0.6 is 0 Å². The minimum Gasteiger partial charge on any atom is -0.383 e. The minimum absolute atomic E-state index is 0.386. The van der Waals surface area contributed by atoms with Crippen LogP contribution in [0.15, 0.2) is 12.4 Å². The average Bonchev–Trinajstić information content (AvgIpc) is 2.50. The Morgan fingerprint density at radius 1 is 1.57 bits per heavy atom. The lowest BCUT2D eigenvalue weighted by molar-refractivity contribution is -0.203. The van der Waals surface area contributed by atoms with Gasteiger partial charge in [0.25, 0.3) is 0 Å². The Kier molecular flexibility index (Phi) is 3.15. The normalized spacial score (nSPS) is 14.4. The van der Waals surface area contributed by atoms with Gasteiger partial charge in [-0.3, -0.25) is 4.68 Å². The molecule has 0 amide bonds. The summed E-state index contributed by atoms with van der Waals surface area (Å²) in [5, 5.41) is 12.6. The fourth-order valence-corrected chi connectivity index (χ4v) is 1.02. The maximum atomic E-state index is 11.9. The molecule has 0 radical (unpaired) electrons. The SMILES string of the molecule is CCn1cc(C[C@@H](O)C(F)(F)F)cn1. The third-order valence-corrected chi connectivity index (χ3v) is 1.82. The second kappa shape index (κ2) is 4.00. The van der Waals surface area contributed by atoms with Crippen molar-refractivity contribution in [1.29, 1.82) is 0 Å². The van der Waals surface area contributed by atoms with Gasteiger partial charge < -0.3 is 5.11 Å². The van der Waals surface area contributed by atoms with E-state index >= 15 is 0 Å². The van der Waals surface area contributed by atoms with Gasteiger partial charge in [-0.1, -0.05) is 0 Å². The summed E-state index contributed by atoms with van der Waals surface area (Å²) in [6.07, 6.45) is -4.48. The van der Waals surface area contributed by atoms with E-state index in [0.717, 1.165) is 0 Å². The summed E-state index contributed by atoms with van der Waals surface area (Å²) in [7, 11) is 0. The molecule has 0 aliphatic heterocycles. The van der Waals surface area contributed by atoms with Gasteiger partial charge in [-0.2, -0.15) is 18.3 Å². The van der Waals surface area contributed by atoms with Crippen LogP contribution in [0, 0.1) is 0 Å². The number of aliphatic hydroxyl groups excluding tert-OH is 1. The second-order valence-corrected chi connectivity index (χ2v) is 2.97. The summed E-state index contributed by atoms with van der Waals surface area (Å²) in [6.45, 7) is 2.43. The molecule has 1 aromatic heterocycles. The van der Waals surface area contributed by atoms with Gasteiger partial charge in [0.2, 0.25) is 0 Å². The van der Waals surface area contributed by atoms with Gasteiger partial charge in [-0.15, -0.1) is 0 Å². The van der Waals surface area contributed by atoms with Crippen molar-refractivity contribution in [1.82, 2.24) is 9.78 Å². The van der Waals surface area contributed by atoms with Gasteiger partial charge >= 0.3 is 6.18 Å². The van der Waals surface area contributed by atoms with Crippen molar-refractivity contribution >= 4 is 0 Å². The van der Waals surface area contributed by atoms with Gasteiger partial charge in [0.1, 0.15) is 0 Å². The van der Waals surface area contributed by atoms with Crippen molar-refractivity contribution in [2.45, 2.75) is 32.2 Å². The molecule has 3 nitrogen and oxygen atoms in total. The Balaban J connectivity index is 2.60. The first kappa shape index (κ1) is 11.0. The lowest BCUT2D eigenvalue weighted by Crippen LogP contribution is -2.30. The summed E-state index contributed by atoms with van der Waals surface area (Å²) in [4.78, 5) is 0. The summed E-state index contributed by atoms with van der Waals surface area (Å²) >= 11 is 0. The summed E-state index contributed by atoms with van der Waals surface area (Å²) in [5.41, 5.74) is 0.386. The second-order valence-electron chi connectivity index (χ2n) is 2.97. The molecule has 0 aromatic carbocycles. The Labute approximate surface area is 79.2 Å². The molecule has 0 unspecified atom stereocenters. The van der Waals surface area contributed by atoms with Crippen LogP contribution in [0.5, 0.6) is 0 Å². The molecule has 1 atom stereocenters. The van der Waals surface area contributed by atoms with Gasteiger partial charge in [0.05, 0.1) is 6.20 Å². The molecular weight excluding hydrogens is 197 g/mol. The Bertz CT molecular complexity index is 295. The van der Waals surface area contributed by atoms with E-state index in [1.54, 1.807) is 0 Å². The van der Waals surface area contributed by atoms with Crippen molar-refractivity contribution in [3.63, 3.8) is 0 Å².